The molecule has 0 spiro atoms. The van der Waals surface area contributed by atoms with Crippen LogP contribution in [0.3, 0.4) is 0 Å². The van der Waals surface area contributed by atoms with Crippen molar-refractivity contribution in [2.45, 2.75) is 25.0 Å². The fourth-order valence-corrected chi connectivity index (χ4v) is 4.31. The van der Waals surface area contributed by atoms with E-state index in [0.29, 0.717) is 17.2 Å². The van der Waals surface area contributed by atoms with Gasteiger partial charge in [-0.3, -0.25) is 9.59 Å². The van der Waals surface area contributed by atoms with Crippen LogP contribution >= 0.6 is 0 Å². The molecule has 2 fully saturated rings. The lowest BCUT2D eigenvalue weighted by Gasteiger charge is -2.25. The van der Waals surface area contributed by atoms with Crippen molar-refractivity contribution >= 4 is 17.5 Å². The number of hydrogen-bond acceptors (Lipinski definition) is 5. The van der Waals surface area contributed by atoms with Crippen molar-refractivity contribution in [3.8, 4) is 11.5 Å². The van der Waals surface area contributed by atoms with E-state index in [1.165, 1.54) is 4.90 Å². The summed E-state index contributed by atoms with van der Waals surface area (Å²) in [5.41, 5.74) is -0.903. The van der Waals surface area contributed by atoms with Crippen molar-refractivity contribution in [1.29, 1.82) is 0 Å². The van der Waals surface area contributed by atoms with E-state index in [1.54, 1.807) is 18.2 Å². The van der Waals surface area contributed by atoms with Gasteiger partial charge in [0.25, 0.3) is 0 Å². The molecule has 1 aromatic carbocycles. The highest BCUT2D eigenvalue weighted by Crippen LogP contribution is 2.57. The van der Waals surface area contributed by atoms with Crippen LogP contribution in [0.1, 0.15) is 13.8 Å². The Morgan fingerprint density at radius 2 is 1.61 bits per heavy atom. The van der Waals surface area contributed by atoms with Gasteiger partial charge in [-0.15, -0.1) is 0 Å². The fraction of sp³-hybridized carbons (Fsp3) is 0.412. The topological polar surface area (TPSA) is 65.1 Å². The fourth-order valence-electron chi connectivity index (χ4n) is 4.31. The summed E-state index contributed by atoms with van der Waals surface area (Å²) >= 11 is 0. The summed E-state index contributed by atoms with van der Waals surface area (Å²) in [7, 11) is 0. The third-order valence-corrected chi connectivity index (χ3v) is 5.34. The minimum Gasteiger partial charge on any atom is -0.454 e. The molecule has 118 valence electrons. The van der Waals surface area contributed by atoms with E-state index in [1.807, 2.05) is 26.0 Å². The van der Waals surface area contributed by atoms with E-state index in [0.717, 1.165) is 0 Å². The average Bonchev–Trinajstić information content (AvgIpc) is 3.19. The Hall–Kier alpha value is -2.34. The molecule has 4 atom stereocenters. The molecule has 2 saturated heterocycles. The van der Waals surface area contributed by atoms with Gasteiger partial charge in [0.1, 0.15) is 0 Å². The highest BCUT2D eigenvalue weighted by molar-refractivity contribution is 6.23. The summed E-state index contributed by atoms with van der Waals surface area (Å²) in [6, 6.07) is 5.12. The molecule has 23 heavy (non-hydrogen) atoms. The van der Waals surface area contributed by atoms with Gasteiger partial charge in [-0.2, -0.15) is 0 Å². The van der Waals surface area contributed by atoms with Crippen LogP contribution in [0.15, 0.2) is 30.4 Å². The quantitative estimate of drug-likeness (QED) is 0.582. The first-order chi connectivity index (χ1) is 10.9. The van der Waals surface area contributed by atoms with E-state index in [2.05, 4.69) is 0 Å². The number of imide groups is 1. The van der Waals surface area contributed by atoms with Crippen molar-refractivity contribution in [2.24, 2.45) is 11.8 Å². The molecule has 0 saturated carbocycles. The summed E-state index contributed by atoms with van der Waals surface area (Å²) in [6.45, 7) is 3.89. The second kappa shape index (κ2) is 3.76. The number of benzene rings is 1. The lowest BCUT2D eigenvalue weighted by atomic mass is 9.73. The van der Waals surface area contributed by atoms with Crippen molar-refractivity contribution in [2.75, 3.05) is 11.7 Å². The van der Waals surface area contributed by atoms with E-state index >= 15 is 0 Å². The molecule has 1 aromatic rings. The normalized spacial score (nSPS) is 39.5. The number of nitrogens with zero attached hydrogens (tertiary/aromatic N) is 1. The van der Waals surface area contributed by atoms with E-state index in [-0.39, 0.29) is 18.6 Å². The summed E-state index contributed by atoms with van der Waals surface area (Å²) in [4.78, 5) is 27.2. The molecule has 2 amide bonds. The maximum atomic E-state index is 13.0. The lowest BCUT2D eigenvalue weighted by molar-refractivity contribution is -0.128. The van der Waals surface area contributed by atoms with E-state index in [4.69, 9.17) is 14.2 Å². The molecule has 2 bridgehead atoms. The standard InChI is InChI=1S/C17H15NO5/c1-16-5-6-17(2,23-16)13-12(16)14(19)18(15(13)20)9-3-4-10-11(7-9)22-8-21-10/h3-7,12-13H,8H2,1-2H3/t12-,13-,16-,17-/m1/s1. The molecule has 0 N–H and O–H groups in total. The average molecular weight is 313 g/mol. The van der Waals surface area contributed by atoms with E-state index < -0.39 is 23.0 Å². The predicted molar refractivity (Wildman–Crippen MR) is 79.1 cm³/mol. The Kier molecular flexibility index (Phi) is 2.15. The van der Waals surface area contributed by atoms with Gasteiger partial charge in [-0.05, 0) is 26.0 Å². The third kappa shape index (κ3) is 1.42. The predicted octanol–water partition coefficient (Wildman–Crippen LogP) is 1.64. The number of hydrogen-bond donors (Lipinski definition) is 0. The first-order valence-electron chi connectivity index (χ1n) is 7.61. The summed E-state index contributed by atoms with van der Waals surface area (Å²) in [5.74, 6) is -0.207. The third-order valence-electron chi connectivity index (χ3n) is 5.34. The number of rotatable bonds is 1. The second-order valence-electron chi connectivity index (χ2n) is 6.81. The molecule has 4 aliphatic rings. The molecule has 4 aliphatic heterocycles. The van der Waals surface area contributed by atoms with Crippen LogP contribution in [-0.2, 0) is 14.3 Å². The number of ether oxygens (including phenoxy) is 3. The van der Waals surface area contributed by atoms with Crippen LogP contribution in [-0.4, -0.2) is 29.8 Å². The number of carbonyl (C=O) groups excluding carboxylic acids is 2. The summed E-state index contributed by atoms with van der Waals surface area (Å²) in [6.07, 6.45) is 3.81. The molecule has 6 heteroatoms. The molecule has 0 aliphatic carbocycles. The van der Waals surface area contributed by atoms with Gasteiger partial charge in [-0.1, -0.05) is 12.2 Å². The number of anilines is 1. The first-order valence-corrected chi connectivity index (χ1v) is 7.61. The van der Waals surface area contributed by atoms with Crippen LogP contribution in [0.2, 0.25) is 0 Å². The Bertz CT molecular complexity index is 766. The Morgan fingerprint density at radius 3 is 2.26 bits per heavy atom. The zero-order chi connectivity index (χ0) is 16.0. The lowest BCUT2D eigenvalue weighted by Crippen LogP contribution is -2.39. The summed E-state index contributed by atoms with van der Waals surface area (Å²) in [5, 5.41) is 0. The second-order valence-corrected chi connectivity index (χ2v) is 6.81. The maximum absolute atomic E-state index is 13.0. The van der Waals surface area contributed by atoms with E-state index in [9.17, 15) is 9.59 Å². The van der Waals surface area contributed by atoms with Gasteiger partial charge in [0, 0.05) is 6.07 Å². The highest BCUT2D eigenvalue weighted by atomic mass is 16.7. The Morgan fingerprint density at radius 1 is 1.00 bits per heavy atom. The molecular formula is C17H15NO5. The van der Waals surface area contributed by atoms with Gasteiger partial charge in [0.05, 0.1) is 28.7 Å². The van der Waals surface area contributed by atoms with Gasteiger partial charge in [0.15, 0.2) is 11.5 Å². The minimum atomic E-state index is -0.711. The van der Waals surface area contributed by atoms with Crippen molar-refractivity contribution in [3.05, 3.63) is 30.4 Å². The van der Waals surface area contributed by atoms with Gasteiger partial charge in [-0.25, -0.2) is 4.90 Å². The molecule has 5 rings (SSSR count). The molecular weight excluding hydrogens is 298 g/mol. The zero-order valence-corrected chi connectivity index (χ0v) is 12.7. The van der Waals surface area contributed by atoms with Crippen LogP contribution in [0, 0.1) is 11.8 Å². The summed E-state index contributed by atoms with van der Waals surface area (Å²) < 4.78 is 16.6. The Labute approximate surface area is 132 Å². The zero-order valence-electron chi connectivity index (χ0n) is 12.7. The van der Waals surface area contributed by atoms with Crippen LogP contribution in [0.5, 0.6) is 11.5 Å². The molecule has 0 aromatic heterocycles. The van der Waals surface area contributed by atoms with Gasteiger partial charge in [0.2, 0.25) is 18.6 Å². The SMILES string of the molecule is C[C@]12C=C[C@@](C)(O1)[C@H]1C(=O)N(c3ccc4c(c3)OCO4)C(=O)[C@@H]12. The highest BCUT2D eigenvalue weighted by Gasteiger charge is 2.70. The smallest absolute Gasteiger partial charge is 0.241 e. The van der Waals surface area contributed by atoms with Crippen LogP contribution in [0.25, 0.3) is 0 Å². The van der Waals surface area contributed by atoms with Gasteiger partial charge < -0.3 is 14.2 Å². The maximum Gasteiger partial charge on any atom is 0.241 e. The van der Waals surface area contributed by atoms with Crippen molar-refractivity contribution < 1.29 is 23.8 Å². The first kappa shape index (κ1) is 13.1. The molecule has 0 unspecified atom stereocenters. The van der Waals surface area contributed by atoms with Crippen LogP contribution < -0.4 is 14.4 Å². The molecule has 4 heterocycles. The van der Waals surface area contributed by atoms with Crippen LogP contribution in [0.4, 0.5) is 5.69 Å². The monoisotopic (exact) mass is 313 g/mol. The molecule has 6 nitrogen and oxygen atoms in total. The van der Waals surface area contributed by atoms with Gasteiger partial charge >= 0.3 is 0 Å². The number of carbonyl (C=O) groups is 2. The Balaban J connectivity index is 1.60. The minimum absolute atomic E-state index is 0.153. The van der Waals surface area contributed by atoms with Crippen molar-refractivity contribution in [1.82, 2.24) is 0 Å². The molecule has 0 radical (unpaired) electrons. The number of fused-ring (bicyclic) bond motifs is 6. The number of amides is 2. The van der Waals surface area contributed by atoms with Crippen molar-refractivity contribution in [3.63, 3.8) is 0 Å². The largest absolute Gasteiger partial charge is 0.454 e.